The molecule has 0 atom stereocenters. The van der Waals surface area contributed by atoms with E-state index in [0.29, 0.717) is 17.8 Å². The molecule has 2 aromatic carbocycles. The van der Waals surface area contributed by atoms with E-state index in [1.807, 2.05) is 24.4 Å². The fourth-order valence-corrected chi connectivity index (χ4v) is 3.30. The molecule has 25 heavy (non-hydrogen) atoms. The molecule has 3 nitrogen and oxygen atoms in total. The molecular weight excluding hydrogens is 342 g/mol. The van der Waals surface area contributed by atoms with Gasteiger partial charge in [-0.25, -0.2) is 13.8 Å². The third-order valence-corrected chi connectivity index (χ3v) is 4.78. The Balaban J connectivity index is 1.86. The van der Waals surface area contributed by atoms with E-state index < -0.39 is 11.6 Å². The van der Waals surface area contributed by atoms with E-state index in [9.17, 15) is 13.6 Å². The van der Waals surface area contributed by atoms with Gasteiger partial charge in [0.05, 0.1) is 0 Å². The third kappa shape index (κ3) is 3.58. The fourth-order valence-electron chi connectivity index (χ4n) is 2.49. The zero-order valence-corrected chi connectivity index (χ0v) is 14.6. The van der Waals surface area contributed by atoms with E-state index in [1.165, 1.54) is 11.0 Å². The van der Waals surface area contributed by atoms with Gasteiger partial charge in [-0.3, -0.25) is 4.79 Å². The molecule has 0 unspecified atom stereocenters. The molecule has 0 fully saturated rings. The van der Waals surface area contributed by atoms with E-state index in [4.69, 9.17) is 0 Å². The molecule has 0 saturated heterocycles. The molecule has 0 aliphatic rings. The van der Waals surface area contributed by atoms with Gasteiger partial charge in [0, 0.05) is 40.5 Å². The van der Waals surface area contributed by atoms with Gasteiger partial charge in [0.2, 0.25) is 0 Å². The average Bonchev–Trinajstić information content (AvgIpc) is 3.05. The average molecular weight is 358 g/mol. The zero-order chi connectivity index (χ0) is 18.0. The first kappa shape index (κ1) is 17.2. The number of benzene rings is 2. The van der Waals surface area contributed by atoms with Gasteiger partial charge in [0.1, 0.15) is 5.01 Å². The maximum Gasteiger partial charge on any atom is 0.258 e. The van der Waals surface area contributed by atoms with Crippen LogP contribution in [0.2, 0.25) is 0 Å². The Kier molecular flexibility index (Phi) is 4.90. The molecular formula is C19H16F2N2OS. The van der Waals surface area contributed by atoms with Crippen LogP contribution in [-0.4, -0.2) is 17.4 Å². The molecule has 0 aliphatic heterocycles. The van der Waals surface area contributed by atoms with Gasteiger partial charge in [0.25, 0.3) is 5.91 Å². The molecule has 128 valence electrons. The van der Waals surface area contributed by atoms with Crippen molar-refractivity contribution in [2.75, 3.05) is 11.4 Å². The second kappa shape index (κ2) is 7.11. The monoisotopic (exact) mass is 358 g/mol. The Labute approximate surface area is 148 Å². The zero-order valence-electron chi connectivity index (χ0n) is 13.8. The lowest BCUT2D eigenvalue weighted by Crippen LogP contribution is -2.30. The van der Waals surface area contributed by atoms with Crippen molar-refractivity contribution in [2.24, 2.45) is 0 Å². The summed E-state index contributed by atoms with van der Waals surface area (Å²) in [6, 6.07) is 10.6. The smallest absolute Gasteiger partial charge is 0.258 e. The van der Waals surface area contributed by atoms with Crippen LogP contribution in [0, 0.1) is 18.6 Å². The van der Waals surface area contributed by atoms with E-state index >= 15 is 0 Å². The van der Waals surface area contributed by atoms with Crippen LogP contribution in [-0.2, 0) is 0 Å². The number of aromatic nitrogens is 1. The van der Waals surface area contributed by atoms with Crippen molar-refractivity contribution in [3.05, 3.63) is 70.7 Å². The summed E-state index contributed by atoms with van der Waals surface area (Å²) in [5, 5.41) is 2.86. The van der Waals surface area contributed by atoms with Gasteiger partial charge in [-0.1, -0.05) is 12.1 Å². The van der Waals surface area contributed by atoms with Gasteiger partial charge in [-0.15, -0.1) is 11.3 Å². The van der Waals surface area contributed by atoms with Crippen molar-refractivity contribution in [1.29, 1.82) is 0 Å². The molecule has 0 aliphatic carbocycles. The summed E-state index contributed by atoms with van der Waals surface area (Å²) < 4.78 is 26.6. The van der Waals surface area contributed by atoms with Gasteiger partial charge in [-0.05, 0) is 38.1 Å². The summed E-state index contributed by atoms with van der Waals surface area (Å²) in [6.45, 7) is 4.06. The lowest BCUT2D eigenvalue weighted by Gasteiger charge is -2.21. The molecule has 1 amide bonds. The summed E-state index contributed by atoms with van der Waals surface area (Å²) in [4.78, 5) is 18.5. The predicted octanol–water partition coefficient (Wildman–Crippen LogP) is 5.06. The second-order valence-corrected chi connectivity index (χ2v) is 6.38. The van der Waals surface area contributed by atoms with Crippen molar-refractivity contribution in [2.45, 2.75) is 13.8 Å². The van der Waals surface area contributed by atoms with Gasteiger partial charge in [0.15, 0.2) is 11.6 Å². The van der Waals surface area contributed by atoms with Crippen LogP contribution < -0.4 is 4.90 Å². The highest BCUT2D eigenvalue weighted by Crippen LogP contribution is 2.25. The molecule has 1 heterocycles. The van der Waals surface area contributed by atoms with Crippen LogP contribution in [0.15, 0.2) is 47.8 Å². The van der Waals surface area contributed by atoms with Crippen molar-refractivity contribution >= 4 is 22.9 Å². The Morgan fingerprint density at radius 3 is 2.40 bits per heavy atom. The van der Waals surface area contributed by atoms with E-state index in [0.717, 1.165) is 28.4 Å². The number of aryl methyl sites for hydroxylation is 1. The van der Waals surface area contributed by atoms with E-state index in [1.54, 1.807) is 30.4 Å². The number of carbonyl (C=O) groups is 1. The molecule has 0 spiro atoms. The molecule has 3 rings (SSSR count). The van der Waals surface area contributed by atoms with Crippen LogP contribution in [0.1, 0.15) is 23.0 Å². The minimum atomic E-state index is -0.974. The van der Waals surface area contributed by atoms with Gasteiger partial charge >= 0.3 is 0 Å². The minimum Gasteiger partial charge on any atom is -0.309 e. The van der Waals surface area contributed by atoms with Crippen molar-refractivity contribution < 1.29 is 13.6 Å². The molecule has 0 radical (unpaired) electrons. The fraction of sp³-hybridized carbons (Fsp3) is 0.158. The molecule has 3 aromatic rings. The maximum atomic E-state index is 13.5. The number of hydrogen-bond donors (Lipinski definition) is 0. The first-order chi connectivity index (χ1) is 12.0. The lowest BCUT2D eigenvalue weighted by atomic mass is 10.1. The predicted molar refractivity (Wildman–Crippen MR) is 96.0 cm³/mol. The lowest BCUT2D eigenvalue weighted by molar-refractivity contribution is 0.0988. The topological polar surface area (TPSA) is 33.2 Å². The highest BCUT2D eigenvalue weighted by Gasteiger charge is 2.18. The number of amides is 1. The number of nitrogens with zero attached hydrogens (tertiary/aromatic N) is 2. The first-order valence-electron chi connectivity index (χ1n) is 7.79. The normalized spacial score (nSPS) is 10.7. The van der Waals surface area contributed by atoms with Crippen molar-refractivity contribution in [1.82, 2.24) is 4.98 Å². The van der Waals surface area contributed by atoms with Crippen LogP contribution in [0.4, 0.5) is 14.5 Å². The summed E-state index contributed by atoms with van der Waals surface area (Å²) in [5.41, 5.74) is 2.69. The highest BCUT2D eigenvalue weighted by molar-refractivity contribution is 7.13. The minimum absolute atomic E-state index is 0.268. The Bertz CT molecular complexity index is 906. The van der Waals surface area contributed by atoms with E-state index in [-0.39, 0.29) is 5.91 Å². The van der Waals surface area contributed by atoms with Gasteiger partial charge in [-0.2, -0.15) is 0 Å². The summed E-state index contributed by atoms with van der Waals surface area (Å²) in [5.74, 6) is -2.18. The number of thiazole rings is 1. The Morgan fingerprint density at radius 2 is 1.84 bits per heavy atom. The van der Waals surface area contributed by atoms with Crippen molar-refractivity contribution in [3.8, 4) is 10.6 Å². The number of rotatable bonds is 4. The standard InChI is InChI=1S/C19H16F2N2OS/c1-3-23(15-8-9-16(20)17(21)10-15)19(24)14-6-4-13(5-7-14)18-22-12(2)11-25-18/h4-11H,3H2,1-2H3. The SMILES string of the molecule is CCN(C(=O)c1ccc(-c2nc(C)cs2)cc1)c1ccc(F)c(F)c1. The first-order valence-corrected chi connectivity index (χ1v) is 8.67. The summed E-state index contributed by atoms with van der Waals surface area (Å²) >= 11 is 1.54. The second-order valence-electron chi connectivity index (χ2n) is 5.52. The molecule has 0 bridgehead atoms. The third-order valence-electron chi connectivity index (χ3n) is 3.77. The quantitative estimate of drug-likeness (QED) is 0.653. The largest absolute Gasteiger partial charge is 0.309 e. The molecule has 1 aromatic heterocycles. The number of anilines is 1. The van der Waals surface area contributed by atoms with Gasteiger partial charge < -0.3 is 4.90 Å². The Hall–Kier alpha value is -2.60. The Morgan fingerprint density at radius 1 is 1.12 bits per heavy atom. The van der Waals surface area contributed by atoms with Crippen LogP contribution >= 0.6 is 11.3 Å². The van der Waals surface area contributed by atoms with Crippen LogP contribution in [0.25, 0.3) is 10.6 Å². The van der Waals surface area contributed by atoms with E-state index in [2.05, 4.69) is 4.98 Å². The maximum absolute atomic E-state index is 13.5. The summed E-state index contributed by atoms with van der Waals surface area (Å²) in [7, 11) is 0. The highest BCUT2D eigenvalue weighted by atomic mass is 32.1. The number of hydrogen-bond acceptors (Lipinski definition) is 3. The number of carbonyl (C=O) groups excluding carboxylic acids is 1. The molecule has 6 heteroatoms. The van der Waals surface area contributed by atoms with Crippen LogP contribution in [0.5, 0.6) is 0 Å². The number of halogens is 2. The summed E-state index contributed by atoms with van der Waals surface area (Å²) in [6.07, 6.45) is 0. The van der Waals surface area contributed by atoms with Crippen molar-refractivity contribution in [3.63, 3.8) is 0 Å². The molecule has 0 N–H and O–H groups in total. The molecule has 0 saturated carbocycles. The van der Waals surface area contributed by atoms with Crippen LogP contribution in [0.3, 0.4) is 0 Å².